The molecule has 1 aliphatic carbocycles. The Bertz CT molecular complexity index is 859. The molecule has 1 N–H and O–H groups in total. The van der Waals surface area contributed by atoms with Gasteiger partial charge in [0, 0.05) is 12.0 Å². The third-order valence-corrected chi connectivity index (χ3v) is 5.05. The molecule has 142 valence electrons. The van der Waals surface area contributed by atoms with Gasteiger partial charge in [-0.25, -0.2) is 4.79 Å². The molecule has 2 unspecified atom stereocenters. The molecule has 7 nitrogen and oxygen atoms in total. The van der Waals surface area contributed by atoms with E-state index in [-0.39, 0.29) is 18.1 Å². The highest BCUT2D eigenvalue weighted by Crippen LogP contribution is 2.32. The summed E-state index contributed by atoms with van der Waals surface area (Å²) in [6, 6.07) is 5.15. The Balaban J connectivity index is 1.64. The molecule has 0 radical (unpaired) electrons. The standard InChI is InChI=1S/C16H16F2O7S/c1-9(16(17,18)26(20,21)22)25-15(19)12-4-10-2-3-13(6-11(10)5-12)23-7-14-8-24-14/h2-4,6,9,14H,5,7-8H2,1H3,(H,20,21,22). The van der Waals surface area contributed by atoms with Crippen molar-refractivity contribution in [2.45, 2.75) is 30.8 Å². The second kappa shape index (κ2) is 6.60. The predicted molar refractivity (Wildman–Crippen MR) is 85.4 cm³/mol. The lowest BCUT2D eigenvalue weighted by molar-refractivity contribution is -0.154. The van der Waals surface area contributed by atoms with E-state index in [4.69, 9.17) is 14.0 Å². The van der Waals surface area contributed by atoms with E-state index in [0.29, 0.717) is 31.5 Å². The maximum Gasteiger partial charge on any atom is 0.405 e. The smallest absolute Gasteiger partial charge is 0.405 e. The molecule has 1 fully saturated rings. The third kappa shape index (κ3) is 3.87. The molecular weight excluding hydrogens is 374 g/mol. The van der Waals surface area contributed by atoms with Gasteiger partial charge in [0.2, 0.25) is 0 Å². The van der Waals surface area contributed by atoms with Crippen molar-refractivity contribution < 1.29 is 40.8 Å². The zero-order chi connectivity index (χ0) is 19.1. The summed E-state index contributed by atoms with van der Waals surface area (Å²) >= 11 is 0. The lowest BCUT2D eigenvalue weighted by Gasteiger charge is -2.20. The monoisotopic (exact) mass is 390 g/mol. The molecule has 1 aliphatic heterocycles. The summed E-state index contributed by atoms with van der Waals surface area (Å²) in [5.41, 5.74) is 1.56. The average Bonchev–Trinajstić information content (AvgIpc) is 3.28. The number of fused-ring (bicyclic) bond motifs is 1. The van der Waals surface area contributed by atoms with E-state index in [1.807, 2.05) is 0 Å². The normalized spacial score (nSPS) is 20.2. The summed E-state index contributed by atoms with van der Waals surface area (Å²) in [5.74, 6) is -0.487. The van der Waals surface area contributed by atoms with Crippen LogP contribution in [0.1, 0.15) is 18.1 Å². The average molecular weight is 390 g/mol. The first-order valence-corrected chi connectivity index (χ1v) is 9.15. The third-order valence-electron chi connectivity index (χ3n) is 4.03. The molecule has 1 saturated heterocycles. The second-order valence-electron chi connectivity index (χ2n) is 6.06. The molecule has 0 amide bonds. The highest BCUT2D eigenvalue weighted by molar-refractivity contribution is 7.86. The van der Waals surface area contributed by atoms with Crippen LogP contribution < -0.4 is 4.74 Å². The van der Waals surface area contributed by atoms with Gasteiger partial charge in [-0.15, -0.1) is 0 Å². The maximum atomic E-state index is 13.5. The molecule has 0 spiro atoms. The van der Waals surface area contributed by atoms with E-state index < -0.39 is 27.4 Å². The zero-order valence-electron chi connectivity index (χ0n) is 13.6. The van der Waals surface area contributed by atoms with Crippen molar-refractivity contribution in [3.05, 3.63) is 34.9 Å². The molecule has 0 saturated carbocycles. The fourth-order valence-corrected chi connectivity index (χ4v) is 2.88. The minimum absolute atomic E-state index is 0.0953. The van der Waals surface area contributed by atoms with Gasteiger partial charge in [-0.3, -0.25) is 4.55 Å². The Labute approximate surface area is 148 Å². The van der Waals surface area contributed by atoms with Gasteiger partial charge >= 0.3 is 21.3 Å². The molecule has 1 heterocycles. The van der Waals surface area contributed by atoms with Crippen LogP contribution >= 0.6 is 0 Å². The van der Waals surface area contributed by atoms with Crippen molar-refractivity contribution in [1.82, 2.24) is 0 Å². The first-order chi connectivity index (χ1) is 12.1. The minimum atomic E-state index is -5.70. The number of ether oxygens (including phenoxy) is 3. The van der Waals surface area contributed by atoms with Gasteiger partial charge < -0.3 is 14.2 Å². The molecule has 26 heavy (non-hydrogen) atoms. The number of epoxide rings is 1. The fourth-order valence-electron chi connectivity index (χ4n) is 2.41. The van der Waals surface area contributed by atoms with E-state index in [1.165, 1.54) is 6.08 Å². The fraction of sp³-hybridized carbons (Fsp3) is 0.438. The molecule has 1 aromatic carbocycles. The van der Waals surface area contributed by atoms with Crippen LogP contribution in [0.15, 0.2) is 23.8 Å². The molecule has 1 aromatic rings. The van der Waals surface area contributed by atoms with Crippen LogP contribution in [-0.4, -0.2) is 49.6 Å². The number of esters is 1. The van der Waals surface area contributed by atoms with Crippen LogP contribution in [-0.2, 0) is 30.8 Å². The molecule has 0 aromatic heterocycles. The van der Waals surface area contributed by atoms with Crippen molar-refractivity contribution in [2.24, 2.45) is 0 Å². The summed E-state index contributed by atoms with van der Waals surface area (Å²) in [4.78, 5) is 12.1. The molecule has 2 atom stereocenters. The topological polar surface area (TPSA) is 102 Å². The lowest BCUT2D eigenvalue weighted by atomic mass is 10.1. The lowest BCUT2D eigenvalue weighted by Crippen LogP contribution is -2.42. The van der Waals surface area contributed by atoms with Crippen LogP contribution in [0.3, 0.4) is 0 Å². The van der Waals surface area contributed by atoms with Crippen LogP contribution in [0, 0.1) is 0 Å². The van der Waals surface area contributed by atoms with Gasteiger partial charge in [0.05, 0.1) is 6.61 Å². The zero-order valence-corrected chi connectivity index (χ0v) is 14.5. The first kappa shape index (κ1) is 18.7. The number of hydrogen-bond acceptors (Lipinski definition) is 6. The predicted octanol–water partition coefficient (Wildman–Crippen LogP) is 1.82. The largest absolute Gasteiger partial charge is 0.491 e. The van der Waals surface area contributed by atoms with Gasteiger partial charge in [-0.05, 0) is 36.3 Å². The Hall–Kier alpha value is -2.04. The van der Waals surface area contributed by atoms with Gasteiger partial charge in [-0.2, -0.15) is 17.2 Å². The molecule has 3 rings (SSSR count). The van der Waals surface area contributed by atoms with Crippen molar-refractivity contribution in [2.75, 3.05) is 13.2 Å². The van der Waals surface area contributed by atoms with Crippen molar-refractivity contribution in [3.63, 3.8) is 0 Å². The Morgan fingerprint density at radius 3 is 2.77 bits per heavy atom. The number of hydrogen-bond donors (Lipinski definition) is 1. The summed E-state index contributed by atoms with van der Waals surface area (Å²) in [6.07, 6.45) is -0.635. The number of rotatable bonds is 7. The van der Waals surface area contributed by atoms with E-state index in [0.717, 1.165) is 5.56 Å². The van der Waals surface area contributed by atoms with E-state index in [2.05, 4.69) is 4.74 Å². The Morgan fingerprint density at radius 1 is 1.46 bits per heavy atom. The summed E-state index contributed by atoms with van der Waals surface area (Å²) in [7, 11) is -5.70. The Kier molecular flexibility index (Phi) is 4.76. The van der Waals surface area contributed by atoms with E-state index in [9.17, 15) is 22.0 Å². The van der Waals surface area contributed by atoms with Crippen molar-refractivity contribution >= 4 is 22.2 Å². The van der Waals surface area contributed by atoms with E-state index >= 15 is 0 Å². The van der Waals surface area contributed by atoms with Gasteiger partial charge in [0.15, 0.2) is 6.10 Å². The summed E-state index contributed by atoms with van der Waals surface area (Å²) < 4.78 is 72.0. The molecule has 10 heteroatoms. The quantitative estimate of drug-likeness (QED) is 0.430. The van der Waals surface area contributed by atoms with Crippen LogP contribution in [0.25, 0.3) is 6.08 Å². The second-order valence-corrected chi connectivity index (χ2v) is 7.55. The minimum Gasteiger partial charge on any atom is -0.491 e. The number of carbonyl (C=O) groups is 1. The van der Waals surface area contributed by atoms with Gasteiger partial charge in [0.1, 0.15) is 18.5 Å². The SMILES string of the molecule is CC(OC(=O)C1=Cc2ccc(OCC3CO3)cc2C1)C(F)(F)S(=O)(=O)O. The number of alkyl halides is 2. The number of halogens is 2. The molecule has 2 aliphatic rings. The van der Waals surface area contributed by atoms with Crippen molar-refractivity contribution in [1.29, 1.82) is 0 Å². The van der Waals surface area contributed by atoms with Crippen LogP contribution in [0.4, 0.5) is 8.78 Å². The van der Waals surface area contributed by atoms with Gasteiger partial charge in [-0.1, -0.05) is 6.07 Å². The van der Waals surface area contributed by atoms with Crippen molar-refractivity contribution in [3.8, 4) is 5.75 Å². The maximum absolute atomic E-state index is 13.5. The summed E-state index contributed by atoms with van der Waals surface area (Å²) in [5, 5.41) is -4.60. The molecular formula is C16H16F2O7S. The van der Waals surface area contributed by atoms with E-state index in [1.54, 1.807) is 18.2 Å². The summed E-state index contributed by atoms with van der Waals surface area (Å²) in [6.45, 7) is 1.78. The first-order valence-electron chi connectivity index (χ1n) is 7.71. The van der Waals surface area contributed by atoms with Gasteiger partial charge in [0.25, 0.3) is 0 Å². The van der Waals surface area contributed by atoms with Crippen LogP contribution in [0.5, 0.6) is 5.75 Å². The Morgan fingerprint density at radius 2 is 2.15 bits per heavy atom. The highest BCUT2D eigenvalue weighted by atomic mass is 32.2. The number of carbonyl (C=O) groups excluding carboxylic acids is 1. The van der Waals surface area contributed by atoms with Crippen LogP contribution in [0.2, 0.25) is 0 Å². The highest BCUT2D eigenvalue weighted by Gasteiger charge is 2.52. The molecule has 0 bridgehead atoms. The number of benzene rings is 1.